The number of hydrogen-bond donors (Lipinski definition) is 1. The number of rotatable bonds is 5. The van der Waals surface area contributed by atoms with Crippen LogP contribution in [0.25, 0.3) is 0 Å². The van der Waals surface area contributed by atoms with Gasteiger partial charge in [0.15, 0.2) is 0 Å². The summed E-state index contributed by atoms with van der Waals surface area (Å²) in [6, 6.07) is 5.00. The van der Waals surface area contributed by atoms with Gasteiger partial charge in [0.25, 0.3) is 0 Å². The molecule has 0 aliphatic carbocycles. The Balaban J connectivity index is 2.75. The minimum atomic E-state index is -0.330. The molecule has 0 fully saturated rings. The average Bonchev–Trinajstić information content (AvgIpc) is 2.22. The van der Waals surface area contributed by atoms with E-state index in [9.17, 15) is 4.39 Å². The van der Waals surface area contributed by atoms with E-state index in [0.717, 1.165) is 24.9 Å². The summed E-state index contributed by atoms with van der Waals surface area (Å²) >= 11 is 5.94. The second-order valence-electron chi connectivity index (χ2n) is 4.91. The Morgan fingerprint density at radius 2 is 2.06 bits per heavy atom. The Hall–Kier alpha value is -0.600. The van der Waals surface area contributed by atoms with Crippen LogP contribution in [0.15, 0.2) is 18.2 Å². The van der Waals surface area contributed by atoms with E-state index < -0.39 is 0 Å². The molecule has 0 saturated heterocycles. The molecule has 0 saturated carbocycles. The predicted molar refractivity (Wildman–Crippen MR) is 67.4 cm³/mol. The van der Waals surface area contributed by atoms with Gasteiger partial charge in [-0.25, -0.2) is 4.39 Å². The molecule has 3 heteroatoms. The summed E-state index contributed by atoms with van der Waals surface area (Å²) in [5.74, 6) is -0.330. The maximum atomic E-state index is 13.3. The van der Waals surface area contributed by atoms with Crippen LogP contribution in [0, 0.1) is 11.2 Å². The number of halogens is 2. The van der Waals surface area contributed by atoms with Crippen molar-refractivity contribution in [2.24, 2.45) is 5.41 Å². The van der Waals surface area contributed by atoms with E-state index in [0.29, 0.717) is 0 Å². The van der Waals surface area contributed by atoms with Crippen LogP contribution >= 0.6 is 11.6 Å². The van der Waals surface area contributed by atoms with Crippen LogP contribution in [0.5, 0.6) is 0 Å². The maximum absolute atomic E-state index is 13.3. The third kappa shape index (κ3) is 3.76. The molecule has 1 aromatic carbocycles. The van der Waals surface area contributed by atoms with Gasteiger partial charge >= 0.3 is 0 Å². The summed E-state index contributed by atoms with van der Waals surface area (Å²) in [5.41, 5.74) is 1.02. The molecular weight excluding hydrogens is 225 g/mol. The molecule has 1 aromatic rings. The zero-order valence-corrected chi connectivity index (χ0v) is 10.9. The zero-order valence-electron chi connectivity index (χ0n) is 10.1. The van der Waals surface area contributed by atoms with Gasteiger partial charge in [-0.05, 0) is 43.5 Å². The molecule has 0 bridgehead atoms. The highest BCUT2D eigenvalue weighted by Crippen LogP contribution is 2.30. The van der Waals surface area contributed by atoms with E-state index in [4.69, 9.17) is 11.6 Å². The van der Waals surface area contributed by atoms with Crippen molar-refractivity contribution in [3.8, 4) is 0 Å². The predicted octanol–water partition coefficient (Wildman–Crippen LogP) is 3.66. The van der Waals surface area contributed by atoms with E-state index in [2.05, 4.69) is 19.2 Å². The lowest BCUT2D eigenvalue weighted by molar-refractivity contribution is 0.329. The Morgan fingerprint density at radius 3 is 2.69 bits per heavy atom. The SMILES string of the molecule is CNCCC(C)(C)Cc1cccc(F)c1Cl. The maximum Gasteiger partial charge on any atom is 0.142 e. The fourth-order valence-electron chi connectivity index (χ4n) is 1.75. The first kappa shape index (κ1) is 13.5. The van der Waals surface area contributed by atoms with Gasteiger partial charge in [0.2, 0.25) is 0 Å². The summed E-state index contributed by atoms with van der Waals surface area (Å²) in [7, 11) is 1.94. The highest BCUT2D eigenvalue weighted by molar-refractivity contribution is 6.31. The first-order valence-electron chi connectivity index (χ1n) is 5.54. The monoisotopic (exact) mass is 243 g/mol. The lowest BCUT2D eigenvalue weighted by Crippen LogP contribution is -2.22. The summed E-state index contributed by atoms with van der Waals surface area (Å²) < 4.78 is 13.3. The van der Waals surface area contributed by atoms with Crippen molar-refractivity contribution in [1.29, 1.82) is 0 Å². The van der Waals surface area contributed by atoms with Gasteiger partial charge in [-0.15, -0.1) is 0 Å². The number of nitrogens with one attached hydrogen (secondary N) is 1. The molecule has 1 N–H and O–H groups in total. The molecule has 0 aromatic heterocycles. The summed E-state index contributed by atoms with van der Waals surface area (Å²) in [4.78, 5) is 0. The average molecular weight is 244 g/mol. The molecule has 0 aliphatic rings. The quantitative estimate of drug-likeness (QED) is 0.832. The van der Waals surface area contributed by atoms with Gasteiger partial charge < -0.3 is 5.32 Å². The van der Waals surface area contributed by atoms with Gasteiger partial charge in [0.05, 0.1) is 5.02 Å². The molecular formula is C13H19ClFN. The first-order chi connectivity index (χ1) is 7.46. The molecule has 0 amide bonds. The summed E-state index contributed by atoms with van der Waals surface area (Å²) in [5, 5.41) is 3.39. The molecule has 0 atom stereocenters. The molecule has 0 heterocycles. The standard InChI is InChI=1S/C13H19ClFN/c1-13(2,7-8-16-3)9-10-5-4-6-11(15)12(10)14/h4-6,16H,7-9H2,1-3H3. The molecule has 0 spiro atoms. The minimum Gasteiger partial charge on any atom is -0.320 e. The van der Waals surface area contributed by atoms with Crippen LogP contribution in [0.4, 0.5) is 4.39 Å². The van der Waals surface area contributed by atoms with Gasteiger partial charge in [0.1, 0.15) is 5.82 Å². The fraction of sp³-hybridized carbons (Fsp3) is 0.538. The number of benzene rings is 1. The normalized spacial score (nSPS) is 11.8. The van der Waals surface area contributed by atoms with Crippen LogP contribution < -0.4 is 5.32 Å². The van der Waals surface area contributed by atoms with Crippen LogP contribution in [-0.2, 0) is 6.42 Å². The Morgan fingerprint density at radius 1 is 1.38 bits per heavy atom. The van der Waals surface area contributed by atoms with E-state index in [1.54, 1.807) is 6.07 Å². The Bertz CT molecular complexity index is 350. The van der Waals surface area contributed by atoms with Crippen molar-refractivity contribution in [1.82, 2.24) is 5.32 Å². The molecule has 0 aliphatic heterocycles. The topological polar surface area (TPSA) is 12.0 Å². The van der Waals surface area contributed by atoms with Crippen molar-refractivity contribution < 1.29 is 4.39 Å². The van der Waals surface area contributed by atoms with Gasteiger partial charge in [-0.2, -0.15) is 0 Å². The van der Waals surface area contributed by atoms with E-state index in [-0.39, 0.29) is 16.3 Å². The van der Waals surface area contributed by atoms with Crippen molar-refractivity contribution in [3.05, 3.63) is 34.6 Å². The third-order valence-corrected chi connectivity index (χ3v) is 3.18. The summed E-state index contributed by atoms with van der Waals surface area (Å²) in [6.45, 7) is 5.30. The summed E-state index contributed by atoms with van der Waals surface area (Å²) in [6.07, 6.45) is 1.83. The van der Waals surface area contributed by atoms with Crippen LogP contribution in [0.3, 0.4) is 0 Å². The molecule has 0 radical (unpaired) electrons. The van der Waals surface area contributed by atoms with Crippen LogP contribution in [0.2, 0.25) is 5.02 Å². The van der Waals surface area contributed by atoms with Crippen molar-refractivity contribution in [2.75, 3.05) is 13.6 Å². The molecule has 90 valence electrons. The van der Waals surface area contributed by atoms with E-state index in [1.807, 2.05) is 13.1 Å². The van der Waals surface area contributed by atoms with E-state index in [1.165, 1.54) is 6.07 Å². The van der Waals surface area contributed by atoms with Gasteiger partial charge in [-0.1, -0.05) is 37.6 Å². The Kier molecular flexibility index (Phi) is 4.75. The number of hydrogen-bond acceptors (Lipinski definition) is 1. The van der Waals surface area contributed by atoms with Gasteiger partial charge in [0, 0.05) is 0 Å². The molecule has 16 heavy (non-hydrogen) atoms. The van der Waals surface area contributed by atoms with Crippen molar-refractivity contribution >= 4 is 11.6 Å². The van der Waals surface area contributed by atoms with E-state index >= 15 is 0 Å². The Labute approximate surface area is 102 Å². The largest absolute Gasteiger partial charge is 0.320 e. The van der Waals surface area contributed by atoms with Crippen LogP contribution in [-0.4, -0.2) is 13.6 Å². The lowest BCUT2D eigenvalue weighted by Gasteiger charge is -2.25. The molecule has 1 rings (SSSR count). The molecule has 1 nitrogen and oxygen atoms in total. The van der Waals surface area contributed by atoms with Crippen molar-refractivity contribution in [2.45, 2.75) is 26.7 Å². The highest BCUT2D eigenvalue weighted by Gasteiger charge is 2.20. The smallest absolute Gasteiger partial charge is 0.142 e. The minimum absolute atomic E-state index is 0.125. The van der Waals surface area contributed by atoms with Crippen molar-refractivity contribution in [3.63, 3.8) is 0 Å². The fourth-order valence-corrected chi connectivity index (χ4v) is 1.95. The molecule has 0 unspecified atom stereocenters. The first-order valence-corrected chi connectivity index (χ1v) is 5.91. The lowest BCUT2D eigenvalue weighted by atomic mass is 9.82. The third-order valence-electron chi connectivity index (χ3n) is 2.75. The second-order valence-corrected chi connectivity index (χ2v) is 5.29. The van der Waals surface area contributed by atoms with Gasteiger partial charge in [-0.3, -0.25) is 0 Å². The highest BCUT2D eigenvalue weighted by atomic mass is 35.5. The second kappa shape index (κ2) is 5.65. The van der Waals surface area contributed by atoms with Crippen LogP contribution in [0.1, 0.15) is 25.8 Å². The zero-order chi connectivity index (χ0) is 12.2.